The first kappa shape index (κ1) is 23.7. The first-order valence-electron chi connectivity index (χ1n) is 9.37. The number of nitrogens with zero attached hydrogens (tertiary/aromatic N) is 3. The third-order valence-corrected chi connectivity index (χ3v) is 4.15. The van der Waals surface area contributed by atoms with E-state index in [9.17, 15) is 32.8 Å². The number of benzene rings is 2. The second-order valence-electron chi connectivity index (χ2n) is 6.81. The molecule has 1 heterocycles. The smallest absolute Gasteiger partial charge is 0.406 e. The summed E-state index contributed by atoms with van der Waals surface area (Å²) < 4.78 is 55.3. The summed E-state index contributed by atoms with van der Waals surface area (Å²) in [7, 11) is 0. The normalized spacial score (nSPS) is 12.2. The Morgan fingerprint density at radius 1 is 1.18 bits per heavy atom. The summed E-state index contributed by atoms with van der Waals surface area (Å²) in [5, 5.41) is 25.9. The SMILES string of the molecule is C[C@H](CO)Nc1nc(Nc2ccc(F)c([N+](=O)[O-])c2)cc(-c2cccc(OC(F)(F)F)c2)n1. The van der Waals surface area contributed by atoms with E-state index in [-0.39, 0.29) is 35.3 Å². The molecule has 0 bridgehead atoms. The summed E-state index contributed by atoms with van der Waals surface area (Å²) in [6.07, 6.45) is -4.88. The molecule has 174 valence electrons. The molecular formula is C20H17F4N5O4. The zero-order valence-corrected chi connectivity index (χ0v) is 16.9. The number of nitro benzene ring substituents is 1. The molecule has 0 amide bonds. The van der Waals surface area contributed by atoms with Gasteiger partial charge in [-0.15, -0.1) is 13.2 Å². The molecule has 3 aromatic rings. The van der Waals surface area contributed by atoms with Gasteiger partial charge in [-0.2, -0.15) is 9.37 Å². The molecule has 1 aromatic heterocycles. The topological polar surface area (TPSA) is 122 Å². The van der Waals surface area contributed by atoms with Gasteiger partial charge < -0.3 is 20.5 Å². The molecule has 0 saturated carbocycles. The number of ether oxygens (including phenoxy) is 1. The number of alkyl halides is 3. The Bertz CT molecular complexity index is 1160. The largest absolute Gasteiger partial charge is 0.573 e. The van der Waals surface area contributed by atoms with Crippen LogP contribution in [0, 0.1) is 15.9 Å². The highest BCUT2D eigenvalue weighted by Gasteiger charge is 2.31. The maximum Gasteiger partial charge on any atom is 0.573 e. The molecule has 0 saturated heterocycles. The Hall–Kier alpha value is -4.00. The molecule has 3 rings (SSSR count). The summed E-state index contributed by atoms with van der Waals surface area (Å²) in [6.45, 7) is 1.39. The standard InChI is InChI=1S/C20H17F4N5O4/c1-11(10-30)25-19-27-16(12-3-2-4-14(7-12)33-20(22,23)24)9-18(28-19)26-13-5-6-15(21)17(8-13)29(31)32/h2-9,11,30H,10H2,1H3,(H2,25,26,27,28)/t11-/m1/s1. The van der Waals surface area contributed by atoms with Crippen molar-refractivity contribution in [1.82, 2.24) is 9.97 Å². The van der Waals surface area contributed by atoms with Crippen molar-refractivity contribution < 1.29 is 32.3 Å². The van der Waals surface area contributed by atoms with E-state index in [4.69, 9.17) is 0 Å². The van der Waals surface area contributed by atoms with Crippen LogP contribution in [0.3, 0.4) is 0 Å². The number of aliphatic hydroxyl groups excluding tert-OH is 1. The molecule has 13 heteroatoms. The zero-order chi connectivity index (χ0) is 24.2. The maximum absolute atomic E-state index is 13.6. The highest BCUT2D eigenvalue weighted by Crippen LogP contribution is 2.30. The first-order valence-corrected chi connectivity index (χ1v) is 9.37. The molecule has 0 aliphatic heterocycles. The van der Waals surface area contributed by atoms with Crippen LogP contribution in [-0.4, -0.2) is 39.0 Å². The van der Waals surface area contributed by atoms with Gasteiger partial charge in [0.2, 0.25) is 11.8 Å². The zero-order valence-electron chi connectivity index (χ0n) is 16.9. The van der Waals surface area contributed by atoms with Crippen molar-refractivity contribution in [3.05, 3.63) is 64.5 Å². The monoisotopic (exact) mass is 467 g/mol. The minimum absolute atomic E-state index is 0.0234. The van der Waals surface area contributed by atoms with E-state index in [0.717, 1.165) is 24.3 Å². The van der Waals surface area contributed by atoms with Crippen LogP contribution in [0.25, 0.3) is 11.3 Å². The number of hydrogen-bond donors (Lipinski definition) is 3. The Morgan fingerprint density at radius 3 is 2.61 bits per heavy atom. The molecular weight excluding hydrogens is 450 g/mol. The number of halogens is 4. The van der Waals surface area contributed by atoms with Gasteiger partial charge in [-0.1, -0.05) is 12.1 Å². The van der Waals surface area contributed by atoms with E-state index >= 15 is 0 Å². The van der Waals surface area contributed by atoms with Crippen molar-refractivity contribution in [3.8, 4) is 17.0 Å². The van der Waals surface area contributed by atoms with E-state index in [2.05, 4.69) is 25.3 Å². The Kier molecular flexibility index (Phi) is 6.92. The van der Waals surface area contributed by atoms with E-state index in [1.807, 2.05) is 0 Å². The van der Waals surface area contributed by atoms with Crippen molar-refractivity contribution in [2.45, 2.75) is 19.3 Å². The molecule has 0 aliphatic carbocycles. The fourth-order valence-corrected chi connectivity index (χ4v) is 2.72. The van der Waals surface area contributed by atoms with Gasteiger partial charge in [-0.3, -0.25) is 10.1 Å². The van der Waals surface area contributed by atoms with Crippen LogP contribution in [0.15, 0.2) is 48.5 Å². The highest BCUT2D eigenvalue weighted by molar-refractivity contribution is 5.69. The molecule has 2 aromatic carbocycles. The lowest BCUT2D eigenvalue weighted by Gasteiger charge is -2.15. The molecule has 9 nitrogen and oxygen atoms in total. The number of nitrogens with one attached hydrogen (secondary N) is 2. The third kappa shape index (κ3) is 6.49. The second-order valence-corrected chi connectivity index (χ2v) is 6.81. The van der Waals surface area contributed by atoms with E-state index in [1.165, 1.54) is 24.3 Å². The molecule has 1 atom stereocenters. The number of aromatic nitrogens is 2. The molecule has 33 heavy (non-hydrogen) atoms. The summed E-state index contributed by atoms with van der Waals surface area (Å²) in [6, 6.07) is 9.16. The molecule has 0 fully saturated rings. The van der Waals surface area contributed by atoms with Crippen molar-refractivity contribution in [2.24, 2.45) is 0 Å². The van der Waals surface area contributed by atoms with Crippen molar-refractivity contribution in [2.75, 3.05) is 17.2 Å². The quantitative estimate of drug-likeness (QED) is 0.249. The average Bonchev–Trinajstić information content (AvgIpc) is 2.73. The average molecular weight is 467 g/mol. The van der Waals surface area contributed by atoms with Gasteiger partial charge in [0.25, 0.3) is 0 Å². The number of rotatable bonds is 8. The number of aliphatic hydroxyl groups is 1. The second kappa shape index (κ2) is 9.65. The molecule has 3 N–H and O–H groups in total. The Balaban J connectivity index is 2.01. The van der Waals surface area contributed by atoms with Gasteiger partial charge in [0.15, 0.2) is 0 Å². The van der Waals surface area contributed by atoms with Crippen molar-refractivity contribution in [1.29, 1.82) is 0 Å². The van der Waals surface area contributed by atoms with Gasteiger partial charge in [0, 0.05) is 29.4 Å². The predicted molar refractivity (Wildman–Crippen MR) is 111 cm³/mol. The van der Waals surface area contributed by atoms with Crippen LogP contribution >= 0.6 is 0 Å². The minimum atomic E-state index is -4.88. The lowest BCUT2D eigenvalue weighted by molar-refractivity contribution is -0.387. The summed E-state index contributed by atoms with van der Waals surface area (Å²) in [5.41, 5.74) is -0.169. The third-order valence-electron chi connectivity index (χ3n) is 4.15. The number of nitro groups is 1. The van der Waals surface area contributed by atoms with Gasteiger partial charge in [-0.25, -0.2) is 4.98 Å². The Morgan fingerprint density at radius 2 is 1.94 bits per heavy atom. The van der Waals surface area contributed by atoms with Crippen LogP contribution in [-0.2, 0) is 0 Å². The van der Waals surface area contributed by atoms with Gasteiger partial charge in [0.05, 0.1) is 17.2 Å². The van der Waals surface area contributed by atoms with Crippen molar-refractivity contribution in [3.63, 3.8) is 0 Å². The molecule has 0 aliphatic rings. The van der Waals surface area contributed by atoms with E-state index < -0.39 is 34.6 Å². The number of hydrogen-bond acceptors (Lipinski definition) is 8. The van der Waals surface area contributed by atoms with Gasteiger partial charge in [0.1, 0.15) is 11.6 Å². The van der Waals surface area contributed by atoms with Crippen LogP contribution in [0.4, 0.5) is 40.7 Å². The molecule has 0 radical (unpaired) electrons. The van der Waals surface area contributed by atoms with Crippen LogP contribution in [0.5, 0.6) is 5.75 Å². The minimum Gasteiger partial charge on any atom is -0.406 e. The number of anilines is 3. The van der Waals surface area contributed by atoms with Crippen LogP contribution < -0.4 is 15.4 Å². The van der Waals surface area contributed by atoms with Crippen LogP contribution in [0.2, 0.25) is 0 Å². The fourth-order valence-electron chi connectivity index (χ4n) is 2.72. The van der Waals surface area contributed by atoms with E-state index in [0.29, 0.717) is 0 Å². The highest BCUT2D eigenvalue weighted by atomic mass is 19.4. The summed E-state index contributed by atoms with van der Waals surface area (Å²) >= 11 is 0. The van der Waals surface area contributed by atoms with Crippen LogP contribution in [0.1, 0.15) is 6.92 Å². The summed E-state index contributed by atoms with van der Waals surface area (Å²) in [4.78, 5) is 18.6. The molecule has 0 spiro atoms. The predicted octanol–water partition coefficient (Wildman–Crippen LogP) is 4.63. The van der Waals surface area contributed by atoms with Crippen molar-refractivity contribution >= 4 is 23.1 Å². The molecule has 0 unspecified atom stereocenters. The lowest BCUT2D eigenvalue weighted by Crippen LogP contribution is -2.21. The fraction of sp³-hybridized carbons (Fsp3) is 0.200. The Labute approximate surface area is 184 Å². The first-order chi connectivity index (χ1) is 15.5. The maximum atomic E-state index is 13.6. The van der Waals surface area contributed by atoms with Gasteiger partial charge >= 0.3 is 12.0 Å². The van der Waals surface area contributed by atoms with Gasteiger partial charge in [-0.05, 0) is 31.2 Å². The van der Waals surface area contributed by atoms with E-state index in [1.54, 1.807) is 6.92 Å². The lowest BCUT2D eigenvalue weighted by atomic mass is 10.1. The summed E-state index contributed by atoms with van der Waals surface area (Å²) in [5.74, 6) is -1.35.